The molecule has 2 aliphatic rings. The van der Waals surface area contributed by atoms with E-state index in [2.05, 4.69) is 17.3 Å². The average molecular weight is 471 g/mol. The Bertz CT molecular complexity index is 999. The average Bonchev–Trinajstić information content (AvgIpc) is 3.30. The molecule has 1 aromatic heterocycles. The van der Waals surface area contributed by atoms with Crippen molar-refractivity contribution in [3.63, 3.8) is 0 Å². The molecule has 0 unspecified atom stereocenters. The van der Waals surface area contributed by atoms with Crippen LogP contribution in [0.5, 0.6) is 5.75 Å². The third-order valence-corrected chi connectivity index (χ3v) is 6.93. The second kappa shape index (κ2) is 10.6. The molecule has 3 N–H and O–H groups in total. The van der Waals surface area contributed by atoms with Crippen LogP contribution in [-0.2, 0) is 17.8 Å². The van der Waals surface area contributed by atoms with Crippen LogP contribution in [0, 0.1) is 5.41 Å². The predicted molar refractivity (Wildman–Crippen MR) is 125 cm³/mol. The van der Waals surface area contributed by atoms with Crippen LogP contribution in [-0.4, -0.2) is 75.2 Å². The van der Waals surface area contributed by atoms with Gasteiger partial charge in [0.1, 0.15) is 11.4 Å². The fraction of sp³-hybridized carbons (Fsp3) is 0.560. The number of aliphatic hydroxyl groups excluding tert-OH is 2. The van der Waals surface area contributed by atoms with Crippen molar-refractivity contribution >= 4 is 11.8 Å². The number of aliphatic hydroxyl groups is 2. The molecule has 1 fully saturated rings. The molecule has 0 saturated carbocycles. The van der Waals surface area contributed by atoms with Crippen LogP contribution in [0.3, 0.4) is 0 Å². The highest BCUT2D eigenvalue weighted by Crippen LogP contribution is 2.37. The Kier molecular flexibility index (Phi) is 7.53. The zero-order chi connectivity index (χ0) is 24.1. The number of para-hydroxylation sites is 1. The lowest BCUT2D eigenvalue weighted by atomic mass is 9.73. The number of rotatable bonds is 3. The van der Waals surface area contributed by atoms with Crippen molar-refractivity contribution < 1.29 is 24.5 Å². The number of nitrogens with one attached hydrogen (secondary N) is 1. The SMILES string of the molecule is CCCn1ccc(C(=O)N2CCC3(CC2)CNC(=O)COc2ccccc2C[C@H](O)[C@H](O)C3)n1. The van der Waals surface area contributed by atoms with Gasteiger partial charge in [0, 0.05) is 38.8 Å². The number of hydrogen-bond acceptors (Lipinski definition) is 6. The third-order valence-electron chi connectivity index (χ3n) is 6.93. The van der Waals surface area contributed by atoms with Gasteiger partial charge in [-0.25, -0.2) is 0 Å². The van der Waals surface area contributed by atoms with Crippen molar-refractivity contribution in [3.8, 4) is 5.75 Å². The number of aryl methyl sites for hydroxylation is 1. The minimum Gasteiger partial charge on any atom is -0.483 e. The Balaban J connectivity index is 1.45. The van der Waals surface area contributed by atoms with E-state index in [4.69, 9.17) is 4.74 Å². The van der Waals surface area contributed by atoms with Crippen molar-refractivity contribution in [1.29, 1.82) is 0 Å². The van der Waals surface area contributed by atoms with Gasteiger partial charge in [-0.3, -0.25) is 14.3 Å². The van der Waals surface area contributed by atoms with E-state index in [9.17, 15) is 19.8 Å². The van der Waals surface area contributed by atoms with E-state index < -0.39 is 17.6 Å². The molecule has 34 heavy (non-hydrogen) atoms. The summed E-state index contributed by atoms with van der Waals surface area (Å²) in [6.45, 7) is 4.06. The number of benzene rings is 1. The monoisotopic (exact) mass is 470 g/mol. The first kappa shape index (κ1) is 24.2. The summed E-state index contributed by atoms with van der Waals surface area (Å²) in [5.74, 6) is 0.199. The zero-order valence-electron chi connectivity index (χ0n) is 19.7. The standard InChI is InChI=1S/C25H34N4O5/c1-2-10-29-11-7-19(27-29)24(33)28-12-8-25(9-13-28)15-21(31)20(30)14-18-5-3-4-6-22(18)34-16-23(32)26-17-25/h3-7,11,20-21,30-31H,2,8-10,12-17H2,1H3,(H,26,32)/t20-,21+/m0/s1. The van der Waals surface area contributed by atoms with Crippen LogP contribution in [0.4, 0.5) is 0 Å². The van der Waals surface area contributed by atoms with Gasteiger partial charge in [0.05, 0.1) is 12.2 Å². The van der Waals surface area contributed by atoms with E-state index >= 15 is 0 Å². The highest BCUT2D eigenvalue weighted by molar-refractivity contribution is 5.92. The Morgan fingerprint density at radius 3 is 2.74 bits per heavy atom. The predicted octanol–water partition coefficient (Wildman–Crippen LogP) is 1.38. The molecule has 1 aromatic carbocycles. The number of nitrogens with zero attached hydrogens (tertiary/aromatic N) is 3. The molecule has 2 aliphatic heterocycles. The van der Waals surface area contributed by atoms with Crippen molar-refractivity contribution in [1.82, 2.24) is 20.0 Å². The number of fused-ring (bicyclic) bond motifs is 1. The first-order valence-corrected chi connectivity index (χ1v) is 12.1. The van der Waals surface area contributed by atoms with Crippen molar-refractivity contribution in [2.75, 3.05) is 26.2 Å². The van der Waals surface area contributed by atoms with Crippen LogP contribution in [0.1, 0.15) is 48.7 Å². The van der Waals surface area contributed by atoms with Gasteiger partial charge in [-0.05, 0) is 48.8 Å². The Morgan fingerprint density at radius 2 is 1.97 bits per heavy atom. The van der Waals surface area contributed by atoms with Gasteiger partial charge >= 0.3 is 0 Å². The number of hydrogen-bond donors (Lipinski definition) is 3. The lowest BCUT2D eigenvalue weighted by molar-refractivity contribution is -0.124. The van der Waals surface area contributed by atoms with E-state index in [1.807, 2.05) is 24.4 Å². The summed E-state index contributed by atoms with van der Waals surface area (Å²) in [6.07, 6.45) is 2.63. The fourth-order valence-electron chi connectivity index (χ4n) is 4.86. The third kappa shape index (κ3) is 5.59. The van der Waals surface area contributed by atoms with Gasteiger partial charge in [-0.2, -0.15) is 5.10 Å². The molecule has 1 saturated heterocycles. The lowest BCUT2D eigenvalue weighted by Crippen LogP contribution is -2.51. The molecule has 0 radical (unpaired) electrons. The zero-order valence-corrected chi connectivity index (χ0v) is 19.7. The first-order chi connectivity index (χ1) is 16.4. The van der Waals surface area contributed by atoms with Crippen LogP contribution in [0.25, 0.3) is 0 Å². The highest BCUT2D eigenvalue weighted by Gasteiger charge is 2.40. The van der Waals surface area contributed by atoms with Crippen molar-refractivity contribution in [2.24, 2.45) is 5.41 Å². The molecule has 0 bridgehead atoms. The molecule has 3 heterocycles. The number of likely N-dealkylation sites (tertiary alicyclic amines) is 1. The summed E-state index contributed by atoms with van der Waals surface area (Å²) in [5, 5.41) is 28.9. The summed E-state index contributed by atoms with van der Waals surface area (Å²) in [5.41, 5.74) is 0.759. The molecular weight excluding hydrogens is 436 g/mol. The normalized spacial score (nSPS) is 23.3. The Hall–Kier alpha value is -2.91. The molecule has 1 spiro atoms. The fourth-order valence-corrected chi connectivity index (χ4v) is 4.86. The van der Waals surface area contributed by atoms with Gasteiger partial charge in [0.15, 0.2) is 6.61 Å². The second-order valence-corrected chi connectivity index (χ2v) is 9.47. The van der Waals surface area contributed by atoms with Crippen LogP contribution < -0.4 is 10.1 Å². The van der Waals surface area contributed by atoms with Crippen molar-refractivity contribution in [3.05, 3.63) is 47.8 Å². The summed E-state index contributed by atoms with van der Waals surface area (Å²) in [4.78, 5) is 27.2. The minimum atomic E-state index is -0.962. The first-order valence-electron chi connectivity index (χ1n) is 12.1. The van der Waals surface area contributed by atoms with E-state index in [-0.39, 0.29) is 24.8 Å². The van der Waals surface area contributed by atoms with E-state index in [1.165, 1.54) is 0 Å². The second-order valence-electron chi connectivity index (χ2n) is 9.47. The quantitative estimate of drug-likeness (QED) is 0.624. The molecule has 2 atom stereocenters. The number of ether oxygens (including phenoxy) is 1. The van der Waals surface area contributed by atoms with E-state index in [1.54, 1.807) is 21.7 Å². The molecule has 9 heteroatoms. The van der Waals surface area contributed by atoms with Crippen molar-refractivity contribution in [2.45, 2.75) is 57.8 Å². The number of piperidine rings is 1. The Morgan fingerprint density at radius 1 is 1.21 bits per heavy atom. The van der Waals surface area contributed by atoms with E-state index in [0.29, 0.717) is 50.3 Å². The number of amides is 2. The summed E-state index contributed by atoms with van der Waals surface area (Å²) in [7, 11) is 0. The largest absolute Gasteiger partial charge is 0.483 e. The highest BCUT2D eigenvalue weighted by atomic mass is 16.5. The molecule has 9 nitrogen and oxygen atoms in total. The Labute approximate surface area is 199 Å². The minimum absolute atomic E-state index is 0.104. The summed E-state index contributed by atoms with van der Waals surface area (Å²) < 4.78 is 7.46. The lowest BCUT2D eigenvalue weighted by Gasteiger charge is -2.43. The number of carbonyl (C=O) groups is 2. The topological polar surface area (TPSA) is 117 Å². The maximum absolute atomic E-state index is 13.0. The van der Waals surface area contributed by atoms with Gasteiger partial charge in [-0.1, -0.05) is 25.1 Å². The van der Waals surface area contributed by atoms with Gasteiger partial charge in [0.25, 0.3) is 11.8 Å². The molecule has 4 rings (SSSR count). The molecule has 184 valence electrons. The maximum atomic E-state index is 13.0. The summed E-state index contributed by atoms with van der Waals surface area (Å²) in [6, 6.07) is 8.98. The van der Waals surface area contributed by atoms with Gasteiger partial charge < -0.3 is 25.2 Å². The smallest absolute Gasteiger partial charge is 0.274 e. The van der Waals surface area contributed by atoms with Crippen LogP contribution in [0.15, 0.2) is 36.5 Å². The molecule has 0 aliphatic carbocycles. The maximum Gasteiger partial charge on any atom is 0.274 e. The van der Waals surface area contributed by atoms with Crippen LogP contribution >= 0.6 is 0 Å². The van der Waals surface area contributed by atoms with E-state index in [0.717, 1.165) is 18.5 Å². The van der Waals surface area contributed by atoms with Gasteiger partial charge in [-0.15, -0.1) is 0 Å². The van der Waals surface area contributed by atoms with Crippen LogP contribution in [0.2, 0.25) is 0 Å². The van der Waals surface area contributed by atoms with Gasteiger partial charge in [0.2, 0.25) is 0 Å². The molecule has 2 aromatic rings. The summed E-state index contributed by atoms with van der Waals surface area (Å²) >= 11 is 0. The number of carbonyl (C=O) groups excluding carboxylic acids is 2. The number of aromatic nitrogens is 2. The molecular formula is C25H34N4O5. The molecule has 2 amide bonds.